The zero-order chi connectivity index (χ0) is 13.0. The largest absolute Gasteiger partial charge is 0.361 e. The Morgan fingerprint density at radius 3 is 2.39 bits per heavy atom. The van der Waals surface area contributed by atoms with Gasteiger partial charge in [0.15, 0.2) is 0 Å². The summed E-state index contributed by atoms with van der Waals surface area (Å²) in [6.45, 7) is 6.68. The van der Waals surface area contributed by atoms with E-state index in [-0.39, 0.29) is 0 Å². The van der Waals surface area contributed by atoms with E-state index in [9.17, 15) is 0 Å². The molecular formula is C17H23N. The molecule has 1 heterocycles. The quantitative estimate of drug-likeness (QED) is 0.766. The average Bonchev–Trinajstić information content (AvgIpc) is 2.78. The van der Waals surface area contributed by atoms with Crippen LogP contribution in [0, 0.1) is 6.92 Å². The molecule has 0 radical (unpaired) electrons. The van der Waals surface area contributed by atoms with E-state index in [0.29, 0.717) is 0 Å². The van der Waals surface area contributed by atoms with Crippen molar-refractivity contribution in [1.29, 1.82) is 0 Å². The van der Waals surface area contributed by atoms with Crippen LogP contribution < -0.4 is 0 Å². The van der Waals surface area contributed by atoms with Crippen LogP contribution in [-0.2, 0) is 12.8 Å². The Labute approximate surface area is 110 Å². The van der Waals surface area contributed by atoms with Crippen LogP contribution in [0.1, 0.15) is 43.4 Å². The molecule has 0 spiro atoms. The summed E-state index contributed by atoms with van der Waals surface area (Å²) in [6.07, 6.45) is 6.80. The van der Waals surface area contributed by atoms with Gasteiger partial charge in [0.2, 0.25) is 0 Å². The van der Waals surface area contributed by atoms with Gasteiger partial charge in [0.25, 0.3) is 0 Å². The number of H-pyrrole nitrogens is 1. The van der Waals surface area contributed by atoms with E-state index in [1.54, 1.807) is 0 Å². The molecule has 0 atom stereocenters. The lowest BCUT2D eigenvalue weighted by molar-refractivity contribution is 0.862. The minimum atomic E-state index is 1.17. The molecular weight excluding hydrogens is 218 g/mol. The van der Waals surface area contributed by atoms with Gasteiger partial charge >= 0.3 is 0 Å². The molecule has 0 aliphatic carbocycles. The zero-order valence-electron chi connectivity index (χ0n) is 11.7. The van der Waals surface area contributed by atoms with Crippen LogP contribution in [0.5, 0.6) is 0 Å². The molecule has 1 nitrogen and oxygen atoms in total. The van der Waals surface area contributed by atoms with E-state index < -0.39 is 0 Å². The molecule has 0 saturated carbocycles. The molecule has 2 rings (SSSR count). The van der Waals surface area contributed by atoms with Gasteiger partial charge in [-0.25, -0.2) is 0 Å². The second-order valence-corrected chi connectivity index (χ2v) is 4.98. The number of aromatic amines is 1. The van der Waals surface area contributed by atoms with Gasteiger partial charge in [-0.1, -0.05) is 44.9 Å². The fourth-order valence-corrected chi connectivity index (χ4v) is 2.65. The third-order valence-electron chi connectivity index (χ3n) is 3.52. The third-order valence-corrected chi connectivity index (χ3v) is 3.52. The number of rotatable bonds is 5. The molecule has 1 heteroatoms. The molecule has 0 aliphatic heterocycles. The van der Waals surface area contributed by atoms with Gasteiger partial charge in [0.05, 0.1) is 0 Å². The lowest BCUT2D eigenvalue weighted by Crippen LogP contribution is -1.98. The minimum absolute atomic E-state index is 1.17. The van der Waals surface area contributed by atoms with Crippen LogP contribution in [0.25, 0.3) is 11.3 Å². The summed E-state index contributed by atoms with van der Waals surface area (Å²) < 4.78 is 0. The molecule has 0 bridgehead atoms. The summed E-state index contributed by atoms with van der Waals surface area (Å²) in [5.41, 5.74) is 7.07. The molecule has 1 N–H and O–H groups in total. The normalized spacial score (nSPS) is 10.8. The first-order valence-electron chi connectivity index (χ1n) is 7.03. The Morgan fingerprint density at radius 2 is 1.78 bits per heavy atom. The standard InChI is InChI=1S/C17H23N/c1-4-7-14-9-6-10-16(15(14)8-5-2)17-13(3)11-12-18-17/h6,9-12,18H,4-5,7-8H2,1-3H3. The summed E-state index contributed by atoms with van der Waals surface area (Å²) in [6, 6.07) is 8.89. The Balaban J connectivity index is 2.52. The molecule has 96 valence electrons. The monoisotopic (exact) mass is 241 g/mol. The SMILES string of the molecule is CCCc1cccc(-c2[nH]ccc2C)c1CCC. The molecule has 1 aromatic carbocycles. The van der Waals surface area contributed by atoms with Gasteiger partial charge in [-0.15, -0.1) is 0 Å². The van der Waals surface area contributed by atoms with Crippen molar-refractivity contribution in [3.05, 3.63) is 47.2 Å². The van der Waals surface area contributed by atoms with Gasteiger partial charge in [-0.3, -0.25) is 0 Å². The molecule has 0 saturated heterocycles. The van der Waals surface area contributed by atoms with Crippen molar-refractivity contribution in [2.45, 2.75) is 46.5 Å². The minimum Gasteiger partial charge on any atom is -0.361 e. The van der Waals surface area contributed by atoms with Crippen molar-refractivity contribution in [1.82, 2.24) is 4.98 Å². The number of aryl methyl sites for hydroxylation is 2. The van der Waals surface area contributed by atoms with Crippen LogP contribution >= 0.6 is 0 Å². The molecule has 2 aromatic rings. The highest BCUT2D eigenvalue weighted by molar-refractivity contribution is 5.68. The van der Waals surface area contributed by atoms with Crippen molar-refractivity contribution in [2.24, 2.45) is 0 Å². The van der Waals surface area contributed by atoms with Gasteiger partial charge in [-0.2, -0.15) is 0 Å². The first kappa shape index (κ1) is 12.9. The van der Waals surface area contributed by atoms with Crippen LogP contribution in [0.4, 0.5) is 0 Å². The molecule has 0 aliphatic rings. The Hall–Kier alpha value is -1.50. The van der Waals surface area contributed by atoms with E-state index in [2.05, 4.69) is 50.0 Å². The zero-order valence-corrected chi connectivity index (χ0v) is 11.7. The number of hydrogen-bond acceptors (Lipinski definition) is 0. The summed E-state index contributed by atoms with van der Waals surface area (Å²) in [5.74, 6) is 0. The van der Waals surface area contributed by atoms with E-state index >= 15 is 0 Å². The van der Waals surface area contributed by atoms with E-state index in [0.717, 1.165) is 0 Å². The Morgan fingerprint density at radius 1 is 1.00 bits per heavy atom. The third kappa shape index (κ3) is 2.50. The highest BCUT2D eigenvalue weighted by Crippen LogP contribution is 2.29. The summed E-state index contributed by atoms with van der Waals surface area (Å²) >= 11 is 0. The lowest BCUT2D eigenvalue weighted by Gasteiger charge is -2.14. The molecule has 0 unspecified atom stereocenters. The highest BCUT2D eigenvalue weighted by Gasteiger charge is 2.11. The Bertz CT molecular complexity index is 508. The topological polar surface area (TPSA) is 15.8 Å². The van der Waals surface area contributed by atoms with Crippen LogP contribution in [0.2, 0.25) is 0 Å². The van der Waals surface area contributed by atoms with E-state index in [4.69, 9.17) is 0 Å². The lowest BCUT2D eigenvalue weighted by atomic mass is 9.92. The van der Waals surface area contributed by atoms with Gasteiger partial charge < -0.3 is 4.98 Å². The van der Waals surface area contributed by atoms with Crippen LogP contribution in [-0.4, -0.2) is 4.98 Å². The fraction of sp³-hybridized carbons (Fsp3) is 0.412. The molecule has 0 amide bonds. The summed E-state index contributed by atoms with van der Waals surface area (Å²) in [4.78, 5) is 3.39. The van der Waals surface area contributed by atoms with Gasteiger partial charge in [0, 0.05) is 17.5 Å². The molecule has 18 heavy (non-hydrogen) atoms. The maximum Gasteiger partial charge on any atom is 0.0486 e. The van der Waals surface area contributed by atoms with Crippen LogP contribution in [0.3, 0.4) is 0 Å². The van der Waals surface area contributed by atoms with E-state index in [1.165, 1.54) is 53.6 Å². The first-order chi connectivity index (χ1) is 8.77. The number of nitrogens with one attached hydrogen (secondary N) is 1. The van der Waals surface area contributed by atoms with Crippen LogP contribution in [0.15, 0.2) is 30.5 Å². The van der Waals surface area contributed by atoms with Gasteiger partial charge in [0.1, 0.15) is 0 Å². The predicted octanol–water partition coefficient (Wildman–Crippen LogP) is 4.90. The number of benzene rings is 1. The Kier molecular flexibility index (Phi) is 4.24. The van der Waals surface area contributed by atoms with Crippen molar-refractivity contribution in [3.63, 3.8) is 0 Å². The molecule has 0 fully saturated rings. The van der Waals surface area contributed by atoms with Gasteiger partial charge in [-0.05, 0) is 42.5 Å². The van der Waals surface area contributed by atoms with Crippen molar-refractivity contribution < 1.29 is 0 Å². The second kappa shape index (κ2) is 5.90. The van der Waals surface area contributed by atoms with E-state index in [1.807, 2.05) is 6.20 Å². The maximum atomic E-state index is 3.39. The first-order valence-corrected chi connectivity index (χ1v) is 7.03. The van der Waals surface area contributed by atoms with Crippen molar-refractivity contribution >= 4 is 0 Å². The highest BCUT2D eigenvalue weighted by atomic mass is 14.7. The van der Waals surface area contributed by atoms with Crippen molar-refractivity contribution in [3.8, 4) is 11.3 Å². The molecule has 1 aromatic heterocycles. The summed E-state index contributed by atoms with van der Waals surface area (Å²) in [5, 5.41) is 0. The smallest absolute Gasteiger partial charge is 0.0486 e. The predicted molar refractivity (Wildman–Crippen MR) is 79.0 cm³/mol. The number of aromatic nitrogens is 1. The summed E-state index contributed by atoms with van der Waals surface area (Å²) in [7, 11) is 0. The second-order valence-electron chi connectivity index (χ2n) is 4.98. The maximum absolute atomic E-state index is 3.39. The van der Waals surface area contributed by atoms with Crippen molar-refractivity contribution in [2.75, 3.05) is 0 Å². The number of hydrogen-bond donors (Lipinski definition) is 1. The fourth-order valence-electron chi connectivity index (χ4n) is 2.65. The average molecular weight is 241 g/mol.